The van der Waals surface area contributed by atoms with Crippen molar-refractivity contribution in [2.24, 2.45) is 5.92 Å². The first-order chi connectivity index (χ1) is 13.1. The first-order valence-corrected chi connectivity index (χ1v) is 9.41. The first kappa shape index (κ1) is 19.1. The minimum absolute atomic E-state index is 0.00150. The number of nitrogens with zero attached hydrogens (tertiary/aromatic N) is 1. The van der Waals surface area contributed by atoms with Crippen molar-refractivity contribution >= 4 is 11.8 Å². The lowest BCUT2D eigenvalue weighted by Gasteiger charge is -2.32. The van der Waals surface area contributed by atoms with Gasteiger partial charge in [0.15, 0.2) is 0 Å². The van der Waals surface area contributed by atoms with Gasteiger partial charge in [0.1, 0.15) is 6.04 Å². The second kappa shape index (κ2) is 8.35. The SMILES string of the molecule is CCC(C)C(C(=O)NC(CO)c1ccccc1)N1Cc2ccccc2C1=O. The summed E-state index contributed by atoms with van der Waals surface area (Å²) in [6.45, 7) is 4.24. The monoisotopic (exact) mass is 366 g/mol. The molecule has 5 nitrogen and oxygen atoms in total. The van der Waals surface area contributed by atoms with Crippen LogP contribution in [0.15, 0.2) is 54.6 Å². The van der Waals surface area contributed by atoms with Crippen LogP contribution in [-0.2, 0) is 11.3 Å². The van der Waals surface area contributed by atoms with E-state index in [1.54, 1.807) is 4.90 Å². The molecule has 2 N–H and O–H groups in total. The smallest absolute Gasteiger partial charge is 0.255 e. The Morgan fingerprint density at radius 3 is 2.44 bits per heavy atom. The predicted octanol–water partition coefficient (Wildman–Crippen LogP) is 2.91. The van der Waals surface area contributed by atoms with E-state index in [0.29, 0.717) is 12.1 Å². The Balaban J connectivity index is 1.83. The van der Waals surface area contributed by atoms with Gasteiger partial charge < -0.3 is 15.3 Å². The Hall–Kier alpha value is -2.66. The molecule has 0 aromatic heterocycles. The topological polar surface area (TPSA) is 69.6 Å². The highest BCUT2D eigenvalue weighted by molar-refractivity contribution is 6.01. The Bertz CT molecular complexity index is 806. The van der Waals surface area contributed by atoms with Crippen molar-refractivity contribution in [1.82, 2.24) is 10.2 Å². The van der Waals surface area contributed by atoms with Crippen molar-refractivity contribution in [2.75, 3.05) is 6.61 Å². The molecule has 2 aromatic carbocycles. The largest absolute Gasteiger partial charge is 0.394 e. The average molecular weight is 366 g/mol. The first-order valence-electron chi connectivity index (χ1n) is 9.41. The fourth-order valence-corrected chi connectivity index (χ4v) is 3.61. The summed E-state index contributed by atoms with van der Waals surface area (Å²) in [5.41, 5.74) is 2.46. The number of fused-ring (bicyclic) bond motifs is 1. The predicted molar refractivity (Wildman–Crippen MR) is 104 cm³/mol. The number of benzene rings is 2. The molecule has 0 spiro atoms. The molecule has 2 aromatic rings. The van der Waals surface area contributed by atoms with Crippen LogP contribution in [0.4, 0.5) is 0 Å². The van der Waals surface area contributed by atoms with Gasteiger partial charge >= 0.3 is 0 Å². The summed E-state index contributed by atoms with van der Waals surface area (Å²) in [6.07, 6.45) is 0.771. The highest BCUT2D eigenvalue weighted by atomic mass is 16.3. The summed E-state index contributed by atoms with van der Waals surface area (Å²) in [6, 6.07) is 15.8. The normalized spacial score (nSPS) is 16.6. The van der Waals surface area contributed by atoms with Crippen molar-refractivity contribution in [3.8, 4) is 0 Å². The molecule has 1 aliphatic rings. The highest BCUT2D eigenvalue weighted by Gasteiger charge is 2.39. The lowest BCUT2D eigenvalue weighted by molar-refractivity contribution is -0.128. The number of nitrogens with one attached hydrogen (secondary N) is 1. The van der Waals surface area contributed by atoms with Crippen LogP contribution in [0, 0.1) is 5.92 Å². The van der Waals surface area contributed by atoms with Crippen LogP contribution in [0.2, 0.25) is 0 Å². The van der Waals surface area contributed by atoms with Crippen molar-refractivity contribution < 1.29 is 14.7 Å². The van der Waals surface area contributed by atoms with Gasteiger partial charge in [-0.1, -0.05) is 68.8 Å². The summed E-state index contributed by atoms with van der Waals surface area (Å²) < 4.78 is 0. The number of rotatable bonds is 7. The van der Waals surface area contributed by atoms with Crippen LogP contribution in [0.3, 0.4) is 0 Å². The number of carbonyl (C=O) groups excluding carboxylic acids is 2. The Labute approximate surface area is 160 Å². The van der Waals surface area contributed by atoms with Gasteiger partial charge in [-0.3, -0.25) is 9.59 Å². The summed E-state index contributed by atoms with van der Waals surface area (Å²) in [7, 11) is 0. The average Bonchev–Trinajstić information content (AvgIpc) is 3.03. The van der Waals surface area contributed by atoms with Crippen molar-refractivity contribution in [1.29, 1.82) is 0 Å². The van der Waals surface area contributed by atoms with E-state index in [2.05, 4.69) is 5.32 Å². The van der Waals surface area contributed by atoms with Crippen LogP contribution in [0.1, 0.15) is 47.8 Å². The van der Waals surface area contributed by atoms with Crippen LogP contribution in [-0.4, -0.2) is 34.5 Å². The number of aliphatic hydroxyl groups is 1. The molecule has 0 bridgehead atoms. The number of hydrogen-bond donors (Lipinski definition) is 2. The third-order valence-electron chi connectivity index (χ3n) is 5.34. The maximum atomic E-state index is 13.2. The molecule has 3 atom stereocenters. The molecule has 0 aliphatic carbocycles. The summed E-state index contributed by atoms with van der Waals surface area (Å²) in [4.78, 5) is 27.7. The van der Waals surface area contributed by atoms with Gasteiger partial charge in [-0.05, 0) is 23.1 Å². The molecule has 27 heavy (non-hydrogen) atoms. The molecular weight excluding hydrogens is 340 g/mol. The lowest BCUT2D eigenvalue weighted by atomic mass is 9.96. The maximum absolute atomic E-state index is 13.2. The number of carbonyl (C=O) groups is 2. The molecule has 142 valence electrons. The van der Waals surface area contributed by atoms with E-state index in [1.807, 2.05) is 68.4 Å². The molecule has 3 unspecified atom stereocenters. The molecule has 0 saturated carbocycles. The van der Waals surface area contributed by atoms with E-state index < -0.39 is 12.1 Å². The molecule has 5 heteroatoms. The zero-order chi connectivity index (χ0) is 19.4. The zero-order valence-corrected chi connectivity index (χ0v) is 15.8. The van der Waals surface area contributed by atoms with E-state index in [9.17, 15) is 14.7 Å². The molecule has 1 heterocycles. The molecular formula is C22H26N2O3. The molecule has 1 aliphatic heterocycles. The Morgan fingerprint density at radius 1 is 1.15 bits per heavy atom. The molecule has 0 saturated heterocycles. The standard InChI is InChI=1S/C22H26N2O3/c1-3-15(2)20(24-13-17-11-7-8-12-18(17)22(24)27)21(26)23-19(14-25)16-9-5-4-6-10-16/h4-12,15,19-20,25H,3,13-14H2,1-2H3,(H,23,26). The van der Waals surface area contributed by atoms with E-state index in [1.165, 1.54) is 0 Å². The molecule has 2 amide bonds. The fraction of sp³-hybridized carbons (Fsp3) is 0.364. The van der Waals surface area contributed by atoms with Gasteiger partial charge in [-0.25, -0.2) is 0 Å². The second-order valence-corrected chi connectivity index (χ2v) is 7.08. The summed E-state index contributed by atoms with van der Waals surface area (Å²) in [5.74, 6) is -0.335. The van der Waals surface area contributed by atoms with E-state index in [4.69, 9.17) is 0 Å². The Kier molecular flexibility index (Phi) is 5.91. The third kappa shape index (κ3) is 3.88. The molecule has 0 fully saturated rings. The van der Waals surface area contributed by atoms with Crippen LogP contribution >= 0.6 is 0 Å². The van der Waals surface area contributed by atoms with Gasteiger partial charge in [0.2, 0.25) is 5.91 Å². The summed E-state index contributed by atoms with van der Waals surface area (Å²) >= 11 is 0. The van der Waals surface area contributed by atoms with Gasteiger partial charge in [-0.2, -0.15) is 0 Å². The fourth-order valence-electron chi connectivity index (χ4n) is 3.61. The number of amides is 2. The van der Waals surface area contributed by atoms with Crippen LogP contribution in [0.5, 0.6) is 0 Å². The summed E-state index contributed by atoms with van der Waals surface area (Å²) in [5, 5.41) is 12.7. The molecule has 3 rings (SSSR count). The van der Waals surface area contributed by atoms with E-state index >= 15 is 0 Å². The third-order valence-corrected chi connectivity index (χ3v) is 5.34. The second-order valence-electron chi connectivity index (χ2n) is 7.08. The van der Waals surface area contributed by atoms with Crippen LogP contribution in [0.25, 0.3) is 0 Å². The molecule has 0 radical (unpaired) electrons. The van der Waals surface area contributed by atoms with Crippen molar-refractivity contribution in [2.45, 2.75) is 38.9 Å². The zero-order valence-electron chi connectivity index (χ0n) is 15.8. The van der Waals surface area contributed by atoms with Gasteiger partial charge in [0.05, 0.1) is 12.6 Å². The minimum atomic E-state index is -0.576. The highest BCUT2D eigenvalue weighted by Crippen LogP contribution is 2.28. The van der Waals surface area contributed by atoms with Crippen molar-refractivity contribution in [3.05, 3.63) is 71.3 Å². The van der Waals surface area contributed by atoms with Crippen molar-refractivity contribution in [3.63, 3.8) is 0 Å². The van der Waals surface area contributed by atoms with E-state index in [0.717, 1.165) is 17.5 Å². The number of aliphatic hydroxyl groups excluding tert-OH is 1. The van der Waals surface area contributed by atoms with E-state index in [-0.39, 0.29) is 24.3 Å². The van der Waals surface area contributed by atoms with Crippen LogP contribution < -0.4 is 5.32 Å². The maximum Gasteiger partial charge on any atom is 0.255 e. The number of hydrogen-bond acceptors (Lipinski definition) is 3. The lowest BCUT2D eigenvalue weighted by Crippen LogP contribution is -2.51. The van der Waals surface area contributed by atoms with Gasteiger partial charge in [0.25, 0.3) is 5.91 Å². The Morgan fingerprint density at radius 2 is 1.81 bits per heavy atom. The minimum Gasteiger partial charge on any atom is -0.394 e. The quantitative estimate of drug-likeness (QED) is 0.792. The van der Waals surface area contributed by atoms with Gasteiger partial charge in [-0.15, -0.1) is 0 Å². The van der Waals surface area contributed by atoms with Gasteiger partial charge in [0, 0.05) is 12.1 Å².